The van der Waals surface area contributed by atoms with Gasteiger partial charge >= 0.3 is 6.03 Å². The van der Waals surface area contributed by atoms with Gasteiger partial charge in [0.2, 0.25) is 0 Å². The van der Waals surface area contributed by atoms with Gasteiger partial charge < -0.3 is 14.8 Å². The zero-order valence-corrected chi connectivity index (χ0v) is 15.2. The van der Waals surface area contributed by atoms with Crippen molar-refractivity contribution in [1.82, 2.24) is 10.3 Å². The minimum Gasteiger partial charge on any atom is -0.496 e. The van der Waals surface area contributed by atoms with E-state index in [9.17, 15) is 9.59 Å². The second-order valence-electron chi connectivity index (χ2n) is 6.34. The Labute approximate surface area is 151 Å². The van der Waals surface area contributed by atoms with Crippen molar-refractivity contribution in [2.24, 2.45) is 0 Å². The van der Waals surface area contributed by atoms with E-state index < -0.39 is 11.6 Å². The van der Waals surface area contributed by atoms with Crippen molar-refractivity contribution in [2.75, 3.05) is 12.0 Å². The first kappa shape index (κ1) is 17.7. The minimum absolute atomic E-state index is 0.223. The van der Waals surface area contributed by atoms with Crippen LogP contribution in [0.25, 0.3) is 0 Å². The summed E-state index contributed by atoms with van der Waals surface area (Å²) in [6.07, 6.45) is 1.99. The van der Waals surface area contributed by atoms with Crippen LogP contribution >= 0.6 is 0 Å². The molecule has 7 nitrogen and oxygen atoms in total. The fraction of sp³-hybridized carbons (Fsp3) is 0.316. The van der Waals surface area contributed by atoms with Crippen molar-refractivity contribution in [1.29, 1.82) is 0 Å². The van der Waals surface area contributed by atoms with E-state index in [1.807, 2.05) is 26.0 Å². The molecule has 1 aromatic heterocycles. The molecule has 2 heterocycles. The number of hydrogen-bond acceptors (Lipinski definition) is 5. The van der Waals surface area contributed by atoms with E-state index >= 15 is 0 Å². The monoisotopic (exact) mass is 355 g/mol. The van der Waals surface area contributed by atoms with Gasteiger partial charge in [-0.15, -0.1) is 0 Å². The van der Waals surface area contributed by atoms with Crippen LogP contribution in [0.1, 0.15) is 25.8 Å². The molecule has 1 fully saturated rings. The lowest BCUT2D eigenvalue weighted by Gasteiger charge is -2.19. The van der Waals surface area contributed by atoms with Gasteiger partial charge in [-0.05, 0) is 38.0 Å². The Morgan fingerprint density at radius 1 is 1.19 bits per heavy atom. The third-order valence-corrected chi connectivity index (χ3v) is 4.53. The molecule has 1 aliphatic heterocycles. The number of anilines is 1. The maximum absolute atomic E-state index is 12.6. The number of urea groups is 1. The van der Waals surface area contributed by atoms with E-state index in [4.69, 9.17) is 9.47 Å². The molecule has 26 heavy (non-hydrogen) atoms. The standard InChI is InChI=1S/C19H21N3O4/c1-5-19(3)17(23)22(18(24)21-19)16-11-14(8-9-20-16)26-13-7-6-12(2)15(10-13)25-4/h6-11H,5H2,1-4H3,(H,21,24)/t19-/m1/s1. The normalized spacial score (nSPS) is 19.5. The lowest BCUT2D eigenvalue weighted by Crippen LogP contribution is -2.43. The molecule has 1 aliphatic rings. The van der Waals surface area contributed by atoms with Gasteiger partial charge in [0.05, 0.1) is 7.11 Å². The molecule has 0 aliphatic carbocycles. The highest BCUT2D eigenvalue weighted by Gasteiger charge is 2.47. The Morgan fingerprint density at radius 2 is 1.92 bits per heavy atom. The molecule has 3 rings (SSSR count). The molecule has 0 bridgehead atoms. The quantitative estimate of drug-likeness (QED) is 0.831. The van der Waals surface area contributed by atoms with Crippen LogP contribution in [0.2, 0.25) is 0 Å². The van der Waals surface area contributed by atoms with Crippen molar-refractivity contribution in [2.45, 2.75) is 32.7 Å². The highest BCUT2D eigenvalue weighted by atomic mass is 16.5. The van der Waals surface area contributed by atoms with Gasteiger partial charge in [-0.2, -0.15) is 0 Å². The Balaban J connectivity index is 1.87. The molecule has 1 saturated heterocycles. The lowest BCUT2D eigenvalue weighted by molar-refractivity contribution is -0.121. The van der Waals surface area contributed by atoms with Crippen molar-refractivity contribution >= 4 is 17.8 Å². The van der Waals surface area contributed by atoms with Gasteiger partial charge in [-0.3, -0.25) is 4.79 Å². The summed E-state index contributed by atoms with van der Waals surface area (Å²) in [7, 11) is 1.60. The number of ether oxygens (including phenoxy) is 2. The highest BCUT2D eigenvalue weighted by Crippen LogP contribution is 2.31. The molecule has 1 atom stereocenters. The Kier molecular flexibility index (Phi) is 4.54. The number of carbonyl (C=O) groups is 2. The average molecular weight is 355 g/mol. The number of methoxy groups -OCH3 is 1. The number of nitrogens with one attached hydrogen (secondary N) is 1. The summed E-state index contributed by atoms with van der Waals surface area (Å²) < 4.78 is 11.1. The van der Waals surface area contributed by atoms with Crippen LogP contribution in [0.15, 0.2) is 36.5 Å². The highest BCUT2D eigenvalue weighted by molar-refractivity contribution is 6.22. The van der Waals surface area contributed by atoms with E-state index in [0.717, 1.165) is 10.5 Å². The molecule has 1 aromatic carbocycles. The van der Waals surface area contributed by atoms with Gasteiger partial charge in [0, 0.05) is 18.3 Å². The van der Waals surface area contributed by atoms with Crippen LogP contribution in [0, 0.1) is 6.92 Å². The SMILES string of the molecule is CC[C@@]1(C)NC(=O)N(c2cc(Oc3ccc(C)c(OC)c3)ccn2)C1=O. The first-order chi connectivity index (χ1) is 12.4. The first-order valence-corrected chi connectivity index (χ1v) is 8.33. The second-order valence-corrected chi connectivity index (χ2v) is 6.34. The van der Waals surface area contributed by atoms with Crippen LogP contribution in [0.5, 0.6) is 17.2 Å². The number of hydrogen-bond donors (Lipinski definition) is 1. The molecule has 1 N–H and O–H groups in total. The largest absolute Gasteiger partial charge is 0.496 e. The van der Waals surface area contributed by atoms with Crippen LogP contribution in [0.4, 0.5) is 10.6 Å². The molecule has 2 aromatic rings. The first-order valence-electron chi connectivity index (χ1n) is 8.33. The third kappa shape index (κ3) is 3.08. The van der Waals surface area contributed by atoms with Gasteiger partial charge in [0.15, 0.2) is 0 Å². The van der Waals surface area contributed by atoms with E-state index in [-0.39, 0.29) is 11.7 Å². The summed E-state index contributed by atoms with van der Waals surface area (Å²) in [6.45, 7) is 5.49. The zero-order chi connectivity index (χ0) is 18.9. The number of amides is 3. The number of imide groups is 1. The Morgan fingerprint density at radius 3 is 2.58 bits per heavy atom. The molecule has 136 valence electrons. The molecule has 0 spiro atoms. The number of nitrogens with zero attached hydrogens (tertiary/aromatic N) is 2. The van der Waals surface area contributed by atoms with E-state index in [1.54, 1.807) is 32.2 Å². The molecular formula is C19H21N3O4. The smallest absolute Gasteiger partial charge is 0.330 e. The van der Waals surface area contributed by atoms with Crippen molar-refractivity contribution < 1.29 is 19.1 Å². The summed E-state index contributed by atoms with van der Waals surface area (Å²) in [4.78, 5) is 30.1. The summed E-state index contributed by atoms with van der Waals surface area (Å²) in [6, 6.07) is 8.22. The number of pyridine rings is 1. The number of benzene rings is 1. The van der Waals surface area contributed by atoms with Gasteiger partial charge in [0.25, 0.3) is 5.91 Å². The fourth-order valence-electron chi connectivity index (χ4n) is 2.72. The number of aryl methyl sites for hydroxylation is 1. The van der Waals surface area contributed by atoms with Crippen LogP contribution in [-0.2, 0) is 4.79 Å². The van der Waals surface area contributed by atoms with E-state index in [1.165, 1.54) is 6.20 Å². The van der Waals surface area contributed by atoms with Crippen molar-refractivity contribution in [3.8, 4) is 17.2 Å². The van der Waals surface area contributed by atoms with Crippen molar-refractivity contribution in [3.63, 3.8) is 0 Å². The Hall–Kier alpha value is -3.09. The molecule has 3 amide bonds. The maximum Gasteiger partial charge on any atom is 0.330 e. The average Bonchev–Trinajstić information content (AvgIpc) is 2.86. The molecule has 7 heteroatoms. The predicted octanol–water partition coefficient (Wildman–Crippen LogP) is 3.42. The van der Waals surface area contributed by atoms with Gasteiger partial charge in [-0.1, -0.05) is 13.0 Å². The maximum atomic E-state index is 12.6. The van der Waals surface area contributed by atoms with Gasteiger partial charge in [0.1, 0.15) is 28.6 Å². The van der Waals surface area contributed by atoms with Crippen LogP contribution in [0.3, 0.4) is 0 Å². The summed E-state index contributed by atoms with van der Waals surface area (Å²) in [5, 5.41) is 2.71. The third-order valence-electron chi connectivity index (χ3n) is 4.53. The Bertz CT molecular complexity index is 868. The topological polar surface area (TPSA) is 80.8 Å². The summed E-state index contributed by atoms with van der Waals surface area (Å²) >= 11 is 0. The second kappa shape index (κ2) is 6.67. The fourth-order valence-corrected chi connectivity index (χ4v) is 2.72. The predicted molar refractivity (Wildman–Crippen MR) is 96.8 cm³/mol. The number of rotatable bonds is 5. The molecule has 0 unspecified atom stereocenters. The van der Waals surface area contributed by atoms with Crippen molar-refractivity contribution in [3.05, 3.63) is 42.1 Å². The van der Waals surface area contributed by atoms with Gasteiger partial charge in [-0.25, -0.2) is 14.7 Å². The molecule has 0 radical (unpaired) electrons. The zero-order valence-electron chi connectivity index (χ0n) is 15.2. The lowest BCUT2D eigenvalue weighted by atomic mass is 9.99. The summed E-state index contributed by atoms with van der Waals surface area (Å²) in [5.74, 6) is 1.66. The van der Waals surface area contributed by atoms with Crippen LogP contribution in [-0.4, -0.2) is 29.6 Å². The number of carbonyl (C=O) groups excluding carboxylic acids is 2. The molecular weight excluding hydrogens is 334 g/mol. The minimum atomic E-state index is -0.917. The number of aromatic nitrogens is 1. The summed E-state index contributed by atoms with van der Waals surface area (Å²) in [5.41, 5.74) is 0.0772. The molecule has 0 saturated carbocycles. The van der Waals surface area contributed by atoms with E-state index in [0.29, 0.717) is 23.7 Å². The van der Waals surface area contributed by atoms with E-state index in [2.05, 4.69) is 10.3 Å². The van der Waals surface area contributed by atoms with Crippen LogP contribution < -0.4 is 19.7 Å².